The van der Waals surface area contributed by atoms with Gasteiger partial charge in [-0.05, 0) is 54.7 Å². The first-order valence-corrected chi connectivity index (χ1v) is 8.18. The van der Waals surface area contributed by atoms with Gasteiger partial charge >= 0.3 is 0 Å². The molecule has 0 aliphatic carbocycles. The third-order valence-corrected chi connectivity index (χ3v) is 4.33. The highest BCUT2D eigenvalue weighted by molar-refractivity contribution is 5.81. The van der Waals surface area contributed by atoms with E-state index in [9.17, 15) is 14.3 Å². The van der Waals surface area contributed by atoms with Crippen molar-refractivity contribution in [3.63, 3.8) is 0 Å². The lowest BCUT2D eigenvalue weighted by atomic mass is 10.1. The van der Waals surface area contributed by atoms with Gasteiger partial charge < -0.3 is 10.0 Å². The minimum atomic E-state index is -0.718. The smallest absolute Gasteiger partial charge is 0.156 e. The second kappa shape index (κ2) is 7.30. The molecule has 4 heteroatoms. The predicted octanol–water partition coefficient (Wildman–Crippen LogP) is 4.50. The number of hydrogen-bond donors (Lipinski definition) is 1. The lowest BCUT2D eigenvalue weighted by Gasteiger charge is -2.28. The molecule has 0 bridgehead atoms. The van der Waals surface area contributed by atoms with E-state index in [0.717, 1.165) is 18.7 Å². The summed E-state index contributed by atoms with van der Waals surface area (Å²) in [6, 6.07) is 10.9. The van der Waals surface area contributed by atoms with Crippen molar-refractivity contribution >= 4 is 24.1 Å². The van der Waals surface area contributed by atoms with Gasteiger partial charge in [0.1, 0.15) is 11.6 Å². The number of phenols is 1. The Balaban J connectivity index is 1.73. The van der Waals surface area contributed by atoms with E-state index in [2.05, 4.69) is 17.0 Å². The predicted molar refractivity (Wildman–Crippen MR) is 94.9 cm³/mol. The second-order valence-corrected chi connectivity index (χ2v) is 6.03. The summed E-state index contributed by atoms with van der Waals surface area (Å²) in [6.45, 7) is 2.22. The van der Waals surface area contributed by atoms with Crippen molar-refractivity contribution in [2.45, 2.75) is 19.3 Å². The third-order valence-electron chi connectivity index (χ3n) is 4.33. The number of nitrogens with zero attached hydrogens (tertiary/aromatic N) is 1. The van der Waals surface area contributed by atoms with Gasteiger partial charge in [0, 0.05) is 18.8 Å². The zero-order chi connectivity index (χ0) is 16.9. The zero-order valence-electron chi connectivity index (χ0n) is 13.4. The van der Waals surface area contributed by atoms with E-state index < -0.39 is 5.82 Å². The van der Waals surface area contributed by atoms with Crippen LogP contribution in [0.4, 0.5) is 10.1 Å². The maximum atomic E-state index is 13.7. The Morgan fingerprint density at radius 3 is 2.25 bits per heavy atom. The molecule has 124 valence electrons. The van der Waals surface area contributed by atoms with Gasteiger partial charge in [-0.3, -0.25) is 4.79 Å². The van der Waals surface area contributed by atoms with Gasteiger partial charge in [0.15, 0.2) is 6.29 Å². The Hall–Kier alpha value is -2.62. The molecule has 1 aliphatic rings. The van der Waals surface area contributed by atoms with Crippen molar-refractivity contribution in [3.05, 3.63) is 58.9 Å². The first-order valence-electron chi connectivity index (χ1n) is 8.18. The minimum Gasteiger partial charge on any atom is -0.507 e. The van der Waals surface area contributed by atoms with E-state index >= 15 is 0 Å². The Kier molecular flexibility index (Phi) is 4.94. The highest BCUT2D eigenvalue weighted by atomic mass is 19.1. The Labute approximate surface area is 141 Å². The van der Waals surface area contributed by atoms with E-state index in [-0.39, 0.29) is 11.3 Å². The van der Waals surface area contributed by atoms with Crippen LogP contribution in [0.3, 0.4) is 0 Å². The molecule has 1 aliphatic heterocycles. The highest BCUT2D eigenvalue weighted by Gasteiger charge is 2.10. The van der Waals surface area contributed by atoms with Crippen LogP contribution in [-0.4, -0.2) is 24.5 Å². The number of hydrogen-bond acceptors (Lipinski definition) is 3. The summed E-state index contributed by atoms with van der Waals surface area (Å²) in [5.41, 5.74) is 2.43. The number of benzene rings is 2. The normalized spacial score (nSPS) is 15.0. The minimum absolute atomic E-state index is 0.307. The number of aromatic hydroxyl groups is 1. The summed E-state index contributed by atoms with van der Waals surface area (Å²) in [7, 11) is 0. The third kappa shape index (κ3) is 3.65. The van der Waals surface area contributed by atoms with Gasteiger partial charge in [0.05, 0.1) is 5.56 Å². The molecule has 0 atom stereocenters. The zero-order valence-corrected chi connectivity index (χ0v) is 13.4. The summed E-state index contributed by atoms with van der Waals surface area (Å²) >= 11 is 0. The van der Waals surface area contributed by atoms with E-state index in [1.807, 2.05) is 18.2 Å². The molecule has 1 saturated heterocycles. The van der Waals surface area contributed by atoms with Crippen LogP contribution >= 0.6 is 0 Å². The molecule has 3 rings (SSSR count). The Morgan fingerprint density at radius 1 is 0.958 bits per heavy atom. The maximum Gasteiger partial charge on any atom is 0.156 e. The average Bonchev–Trinajstić information content (AvgIpc) is 2.61. The SMILES string of the molecule is O=Cc1c(O)cc(C=Cc2ccc(N3CCCCC3)cc2)cc1F. The maximum absolute atomic E-state index is 13.7. The highest BCUT2D eigenvalue weighted by Crippen LogP contribution is 2.23. The van der Waals surface area contributed by atoms with E-state index in [0.29, 0.717) is 11.8 Å². The number of carbonyl (C=O) groups excluding carboxylic acids is 1. The van der Waals surface area contributed by atoms with Crippen LogP contribution in [0.15, 0.2) is 36.4 Å². The molecule has 1 fully saturated rings. The van der Waals surface area contributed by atoms with Crippen LogP contribution in [0.2, 0.25) is 0 Å². The van der Waals surface area contributed by atoms with Gasteiger partial charge in [-0.25, -0.2) is 4.39 Å². The molecule has 3 nitrogen and oxygen atoms in total. The van der Waals surface area contributed by atoms with Crippen molar-refractivity contribution in [1.29, 1.82) is 0 Å². The largest absolute Gasteiger partial charge is 0.507 e. The van der Waals surface area contributed by atoms with Gasteiger partial charge in [0.2, 0.25) is 0 Å². The molecular formula is C20H20FNO2. The molecule has 0 unspecified atom stereocenters. The fourth-order valence-electron chi connectivity index (χ4n) is 2.98. The fraction of sp³-hybridized carbons (Fsp3) is 0.250. The van der Waals surface area contributed by atoms with Crippen LogP contribution in [0.1, 0.15) is 40.7 Å². The van der Waals surface area contributed by atoms with Crippen molar-refractivity contribution in [2.24, 2.45) is 0 Å². The van der Waals surface area contributed by atoms with E-state index in [1.54, 1.807) is 6.08 Å². The molecule has 1 heterocycles. The van der Waals surface area contributed by atoms with Crippen molar-refractivity contribution in [2.75, 3.05) is 18.0 Å². The molecule has 0 saturated carbocycles. The summed E-state index contributed by atoms with van der Waals surface area (Å²) in [5, 5.41) is 9.64. The molecule has 24 heavy (non-hydrogen) atoms. The van der Waals surface area contributed by atoms with Crippen molar-refractivity contribution < 1.29 is 14.3 Å². The Bertz CT molecular complexity index is 724. The van der Waals surface area contributed by atoms with Crippen LogP contribution in [-0.2, 0) is 0 Å². The topological polar surface area (TPSA) is 40.5 Å². The van der Waals surface area contributed by atoms with Gasteiger partial charge in [0.25, 0.3) is 0 Å². The first-order chi connectivity index (χ1) is 11.7. The monoisotopic (exact) mass is 325 g/mol. The summed E-state index contributed by atoms with van der Waals surface area (Å²) in [4.78, 5) is 13.1. The quantitative estimate of drug-likeness (QED) is 0.664. The lowest BCUT2D eigenvalue weighted by Crippen LogP contribution is -2.29. The van der Waals surface area contributed by atoms with Crippen LogP contribution in [0.25, 0.3) is 12.2 Å². The van der Waals surface area contributed by atoms with Gasteiger partial charge in [-0.1, -0.05) is 24.3 Å². The first kappa shape index (κ1) is 16.2. The summed E-state index contributed by atoms with van der Waals surface area (Å²) < 4.78 is 13.7. The standard InChI is InChI=1S/C20H20FNO2/c21-19-12-16(13-20(24)18(19)14-23)5-4-15-6-8-17(9-7-15)22-10-2-1-3-11-22/h4-9,12-14,24H,1-3,10-11H2. The van der Waals surface area contributed by atoms with E-state index in [1.165, 1.54) is 37.1 Å². The average molecular weight is 325 g/mol. The number of halogens is 1. The molecular weight excluding hydrogens is 305 g/mol. The summed E-state index contributed by atoms with van der Waals surface area (Å²) in [6.07, 6.45) is 7.68. The number of piperidine rings is 1. The van der Waals surface area contributed by atoms with Crippen LogP contribution in [0, 0.1) is 5.82 Å². The molecule has 2 aromatic rings. The number of anilines is 1. The number of rotatable bonds is 4. The van der Waals surface area contributed by atoms with Gasteiger partial charge in [-0.15, -0.1) is 0 Å². The second-order valence-electron chi connectivity index (χ2n) is 6.03. The number of carbonyl (C=O) groups is 1. The molecule has 0 spiro atoms. The van der Waals surface area contributed by atoms with Crippen molar-refractivity contribution in [3.8, 4) is 5.75 Å². The van der Waals surface area contributed by atoms with Crippen LogP contribution < -0.4 is 4.90 Å². The van der Waals surface area contributed by atoms with Gasteiger partial charge in [-0.2, -0.15) is 0 Å². The number of phenolic OH excluding ortho intramolecular Hbond substituents is 1. The molecule has 0 radical (unpaired) electrons. The Morgan fingerprint density at radius 2 is 1.62 bits per heavy atom. The molecule has 2 aromatic carbocycles. The van der Waals surface area contributed by atoms with Crippen LogP contribution in [0.5, 0.6) is 5.75 Å². The van der Waals surface area contributed by atoms with Crippen molar-refractivity contribution in [1.82, 2.24) is 0 Å². The fourth-order valence-corrected chi connectivity index (χ4v) is 2.98. The lowest BCUT2D eigenvalue weighted by molar-refractivity contribution is 0.111. The molecule has 0 aromatic heterocycles. The molecule has 0 amide bonds. The summed E-state index contributed by atoms with van der Waals surface area (Å²) in [5.74, 6) is -1.06. The molecule has 1 N–H and O–H groups in total. The number of aldehydes is 1. The van der Waals surface area contributed by atoms with E-state index in [4.69, 9.17) is 0 Å².